The molecule has 1 aromatic carbocycles. The van der Waals surface area contributed by atoms with E-state index in [0.29, 0.717) is 17.9 Å². The Kier molecular flexibility index (Phi) is 5.06. The van der Waals surface area contributed by atoms with Crippen molar-refractivity contribution >= 4 is 10.9 Å². The van der Waals surface area contributed by atoms with Gasteiger partial charge in [0, 0.05) is 17.6 Å². The van der Waals surface area contributed by atoms with Gasteiger partial charge in [-0.25, -0.2) is 4.39 Å². The maximum absolute atomic E-state index is 13.6. The van der Waals surface area contributed by atoms with E-state index in [9.17, 15) is 4.39 Å². The number of rotatable bonds is 5. The molecule has 1 N–H and O–H groups in total. The molecule has 1 unspecified atom stereocenters. The van der Waals surface area contributed by atoms with E-state index >= 15 is 0 Å². The van der Waals surface area contributed by atoms with Crippen molar-refractivity contribution in [1.29, 1.82) is 0 Å². The number of hydrogen-bond donors (Lipinski definition) is 1. The number of hydrogen-bond acceptors (Lipinski definition) is 2. The average molecular weight is 312 g/mol. The smallest absolute Gasteiger partial charge is 0.123 e. The maximum Gasteiger partial charge on any atom is 0.123 e. The number of nitrogens with one attached hydrogen (secondary N) is 1. The van der Waals surface area contributed by atoms with Gasteiger partial charge in [-0.3, -0.25) is 4.98 Å². The minimum Gasteiger partial charge on any atom is -0.316 e. The Labute approximate surface area is 137 Å². The van der Waals surface area contributed by atoms with Crippen LogP contribution < -0.4 is 5.32 Å². The predicted octanol–water partition coefficient (Wildman–Crippen LogP) is 4.81. The SMILES string of the molecule is C=CCC(NC)C1CCC(c2ccnc3ccc(F)cc23)CC1. The Balaban J connectivity index is 1.78. The molecule has 122 valence electrons. The van der Waals surface area contributed by atoms with Crippen LogP contribution in [0, 0.1) is 11.7 Å². The topological polar surface area (TPSA) is 24.9 Å². The van der Waals surface area contributed by atoms with Crippen LogP contribution in [0.5, 0.6) is 0 Å². The van der Waals surface area contributed by atoms with E-state index in [-0.39, 0.29) is 5.82 Å². The summed E-state index contributed by atoms with van der Waals surface area (Å²) in [6.45, 7) is 3.87. The second kappa shape index (κ2) is 7.22. The molecule has 1 aromatic heterocycles. The molecule has 2 nitrogen and oxygen atoms in total. The summed E-state index contributed by atoms with van der Waals surface area (Å²) in [6.07, 6.45) is 9.63. The molecule has 3 heteroatoms. The molecule has 23 heavy (non-hydrogen) atoms. The van der Waals surface area contributed by atoms with Crippen LogP contribution in [-0.4, -0.2) is 18.1 Å². The van der Waals surface area contributed by atoms with Gasteiger partial charge in [0.1, 0.15) is 5.82 Å². The lowest BCUT2D eigenvalue weighted by Crippen LogP contribution is -2.35. The van der Waals surface area contributed by atoms with E-state index in [0.717, 1.165) is 30.2 Å². The van der Waals surface area contributed by atoms with Gasteiger partial charge in [0.25, 0.3) is 0 Å². The highest BCUT2D eigenvalue weighted by Crippen LogP contribution is 2.39. The lowest BCUT2D eigenvalue weighted by molar-refractivity contribution is 0.260. The number of halogens is 1. The summed E-state index contributed by atoms with van der Waals surface area (Å²) in [5, 5.41) is 4.41. The third kappa shape index (κ3) is 3.45. The van der Waals surface area contributed by atoms with Gasteiger partial charge in [0.05, 0.1) is 5.52 Å². The van der Waals surface area contributed by atoms with Gasteiger partial charge >= 0.3 is 0 Å². The monoisotopic (exact) mass is 312 g/mol. The molecule has 1 atom stereocenters. The fourth-order valence-corrected chi connectivity index (χ4v) is 4.05. The highest BCUT2D eigenvalue weighted by Gasteiger charge is 2.27. The summed E-state index contributed by atoms with van der Waals surface area (Å²) in [6, 6.07) is 7.51. The summed E-state index contributed by atoms with van der Waals surface area (Å²) in [7, 11) is 2.04. The van der Waals surface area contributed by atoms with E-state index in [1.807, 2.05) is 19.3 Å². The van der Waals surface area contributed by atoms with Gasteiger partial charge < -0.3 is 5.32 Å². The van der Waals surface area contributed by atoms with E-state index in [4.69, 9.17) is 0 Å². The molecule has 2 aromatic rings. The van der Waals surface area contributed by atoms with E-state index in [1.54, 1.807) is 12.1 Å². The van der Waals surface area contributed by atoms with E-state index in [2.05, 4.69) is 22.9 Å². The van der Waals surface area contributed by atoms with Gasteiger partial charge in [-0.05, 0) is 80.8 Å². The molecule has 1 aliphatic rings. The number of fused-ring (bicyclic) bond motifs is 1. The largest absolute Gasteiger partial charge is 0.316 e. The zero-order valence-electron chi connectivity index (χ0n) is 13.8. The average Bonchev–Trinajstić information content (AvgIpc) is 2.59. The Bertz CT molecular complexity index is 674. The molecule has 0 saturated heterocycles. The zero-order chi connectivity index (χ0) is 16.2. The first kappa shape index (κ1) is 16.1. The van der Waals surface area contributed by atoms with E-state index in [1.165, 1.54) is 24.5 Å². The third-order valence-corrected chi connectivity index (χ3v) is 5.31. The van der Waals surface area contributed by atoms with Crippen LogP contribution in [0.1, 0.15) is 43.6 Å². The summed E-state index contributed by atoms with van der Waals surface area (Å²) in [5.41, 5.74) is 2.16. The second-order valence-electron chi connectivity index (χ2n) is 6.59. The second-order valence-corrected chi connectivity index (χ2v) is 6.59. The fourth-order valence-electron chi connectivity index (χ4n) is 4.05. The first-order chi connectivity index (χ1) is 11.2. The minimum atomic E-state index is -0.179. The minimum absolute atomic E-state index is 0.179. The van der Waals surface area contributed by atoms with Crippen LogP contribution >= 0.6 is 0 Å². The van der Waals surface area contributed by atoms with Crippen LogP contribution in [0.2, 0.25) is 0 Å². The van der Waals surface area contributed by atoms with Crippen LogP contribution in [0.25, 0.3) is 10.9 Å². The summed E-state index contributed by atoms with van der Waals surface area (Å²) in [4.78, 5) is 4.37. The molecule has 1 heterocycles. The Morgan fingerprint density at radius 3 is 2.78 bits per heavy atom. The van der Waals surface area contributed by atoms with Crippen LogP contribution in [0.4, 0.5) is 4.39 Å². The molecule has 0 radical (unpaired) electrons. The highest BCUT2D eigenvalue weighted by molar-refractivity contribution is 5.82. The quantitative estimate of drug-likeness (QED) is 0.801. The molecular formula is C20H25FN2. The van der Waals surface area contributed by atoms with Gasteiger partial charge in [0.2, 0.25) is 0 Å². The van der Waals surface area contributed by atoms with Crippen molar-refractivity contribution in [2.45, 2.75) is 44.1 Å². The van der Waals surface area contributed by atoms with Gasteiger partial charge in [-0.1, -0.05) is 6.08 Å². The van der Waals surface area contributed by atoms with Crippen LogP contribution in [-0.2, 0) is 0 Å². The van der Waals surface area contributed by atoms with E-state index < -0.39 is 0 Å². The van der Waals surface area contributed by atoms with Crippen LogP contribution in [0.15, 0.2) is 43.1 Å². The number of aromatic nitrogens is 1. The van der Waals surface area contributed by atoms with Crippen molar-refractivity contribution < 1.29 is 4.39 Å². The molecule has 0 amide bonds. The molecule has 0 bridgehead atoms. The third-order valence-electron chi connectivity index (χ3n) is 5.31. The standard InChI is InChI=1S/C20H25FN2/c1-3-4-19(22-2)15-7-5-14(6-8-15)17-11-12-23-20-10-9-16(21)13-18(17)20/h3,9-15,19,22H,1,4-8H2,2H3. The van der Waals surface area contributed by atoms with Crippen molar-refractivity contribution in [3.63, 3.8) is 0 Å². The number of nitrogens with zero attached hydrogens (tertiary/aromatic N) is 1. The van der Waals surface area contributed by atoms with Gasteiger partial charge in [-0.15, -0.1) is 6.58 Å². The summed E-state index contributed by atoms with van der Waals surface area (Å²) in [5.74, 6) is 1.04. The number of benzene rings is 1. The fraction of sp³-hybridized carbons (Fsp3) is 0.450. The maximum atomic E-state index is 13.6. The molecule has 1 fully saturated rings. The Hall–Kier alpha value is -1.74. The van der Waals surface area contributed by atoms with Gasteiger partial charge in [-0.2, -0.15) is 0 Å². The van der Waals surface area contributed by atoms with Crippen molar-refractivity contribution in [3.8, 4) is 0 Å². The van der Waals surface area contributed by atoms with Crippen LogP contribution in [0.3, 0.4) is 0 Å². The Morgan fingerprint density at radius 1 is 1.30 bits per heavy atom. The number of pyridine rings is 1. The van der Waals surface area contributed by atoms with Crippen molar-refractivity contribution in [3.05, 3.63) is 54.5 Å². The predicted molar refractivity (Wildman–Crippen MR) is 94.1 cm³/mol. The Morgan fingerprint density at radius 2 is 2.09 bits per heavy atom. The van der Waals surface area contributed by atoms with Crippen molar-refractivity contribution in [2.75, 3.05) is 7.05 Å². The molecule has 0 spiro atoms. The molecule has 1 saturated carbocycles. The lowest BCUT2D eigenvalue weighted by atomic mass is 9.75. The molecule has 3 rings (SSSR count). The first-order valence-electron chi connectivity index (χ1n) is 8.55. The summed E-state index contributed by atoms with van der Waals surface area (Å²) < 4.78 is 13.6. The van der Waals surface area contributed by atoms with Gasteiger partial charge in [0.15, 0.2) is 0 Å². The van der Waals surface area contributed by atoms with Crippen molar-refractivity contribution in [2.24, 2.45) is 5.92 Å². The zero-order valence-corrected chi connectivity index (χ0v) is 13.8. The van der Waals surface area contributed by atoms with Crippen molar-refractivity contribution in [1.82, 2.24) is 10.3 Å². The molecular weight excluding hydrogens is 287 g/mol. The summed E-state index contributed by atoms with van der Waals surface area (Å²) >= 11 is 0. The lowest BCUT2D eigenvalue weighted by Gasteiger charge is -2.34. The highest BCUT2D eigenvalue weighted by atomic mass is 19.1. The first-order valence-corrected chi connectivity index (χ1v) is 8.55. The molecule has 1 aliphatic carbocycles. The molecule has 0 aliphatic heterocycles. The normalized spacial score (nSPS) is 22.9.